The molecule has 1 atom stereocenters. The predicted molar refractivity (Wildman–Crippen MR) is 116 cm³/mol. The molecule has 0 radical (unpaired) electrons. The SMILES string of the molecule is CN1CCCC(CNS(=O)(=O)c2nc(Nc3c4c(cc5c3CCC5)CCC4)n[nH]2)C1. The molecule has 0 saturated carbocycles. The van der Waals surface area contributed by atoms with Crippen LogP contribution in [0.5, 0.6) is 0 Å². The summed E-state index contributed by atoms with van der Waals surface area (Å²) in [5.41, 5.74) is 6.65. The zero-order valence-electron chi connectivity index (χ0n) is 17.5. The first-order valence-corrected chi connectivity index (χ1v) is 12.5. The maximum Gasteiger partial charge on any atom is 0.275 e. The normalized spacial score (nSPS) is 21.6. The monoisotopic (exact) mass is 430 g/mol. The van der Waals surface area contributed by atoms with Crippen molar-refractivity contribution in [3.05, 3.63) is 28.3 Å². The van der Waals surface area contributed by atoms with Gasteiger partial charge in [0, 0.05) is 18.8 Å². The third-order valence-electron chi connectivity index (χ3n) is 6.71. The number of piperidine rings is 1. The lowest BCUT2D eigenvalue weighted by Gasteiger charge is -2.29. The molecule has 30 heavy (non-hydrogen) atoms. The molecule has 1 saturated heterocycles. The Kier molecular flexibility index (Phi) is 5.28. The van der Waals surface area contributed by atoms with Gasteiger partial charge in [-0.25, -0.2) is 18.2 Å². The average molecular weight is 431 g/mol. The molecule has 2 aliphatic carbocycles. The molecule has 2 heterocycles. The summed E-state index contributed by atoms with van der Waals surface area (Å²) in [5.74, 6) is 0.649. The fourth-order valence-electron chi connectivity index (χ4n) is 5.24. The topological polar surface area (TPSA) is 103 Å². The first-order valence-electron chi connectivity index (χ1n) is 11.0. The molecule has 0 spiro atoms. The Balaban J connectivity index is 1.32. The van der Waals surface area contributed by atoms with Crippen LogP contribution >= 0.6 is 0 Å². The Labute approximate surface area is 177 Å². The predicted octanol–water partition coefficient (Wildman–Crippen LogP) is 2.15. The average Bonchev–Trinajstić information content (AvgIpc) is 3.47. The highest BCUT2D eigenvalue weighted by molar-refractivity contribution is 7.89. The minimum absolute atomic E-state index is 0.126. The number of benzene rings is 1. The Morgan fingerprint density at radius 1 is 1.13 bits per heavy atom. The van der Waals surface area contributed by atoms with Crippen molar-refractivity contribution in [1.29, 1.82) is 0 Å². The van der Waals surface area contributed by atoms with Crippen LogP contribution in [0.1, 0.15) is 47.9 Å². The van der Waals surface area contributed by atoms with Crippen LogP contribution < -0.4 is 10.0 Å². The number of hydrogen-bond donors (Lipinski definition) is 3. The largest absolute Gasteiger partial charge is 0.322 e. The number of anilines is 2. The highest BCUT2D eigenvalue weighted by atomic mass is 32.2. The maximum absolute atomic E-state index is 12.7. The van der Waals surface area contributed by atoms with Crippen molar-refractivity contribution in [3.8, 4) is 0 Å². The molecule has 8 nitrogen and oxygen atoms in total. The van der Waals surface area contributed by atoms with E-state index >= 15 is 0 Å². The number of H-pyrrole nitrogens is 1. The number of rotatable bonds is 6. The molecule has 162 valence electrons. The number of aromatic amines is 1. The smallest absolute Gasteiger partial charge is 0.275 e. The van der Waals surface area contributed by atoms with Gasteiger partial charge in [0.1, 0.15) is 0 Å². The molecule has 1 aromatic heterocycles. The van der Waals surface area contributed by atoms with Gasteiger partial charge in [0.25, 0.3) is 15.2 Å². The third-order valence-corrected chi connectivity index (χ3v) is 7.95. The molecule has 1 unspecified atom stereocenters. The molecule has 9 heteroatoms. The highest BCUT2D eigenvalue weighted by Gasteiger charge is 2.26. The molecule has 3 aliphatic rings. The maximum atomic E-state index is 12.7. The van der Waals surface area contributed by atoms with Gasteiger partial charge < -0.3 is 10.2 Å². The molecule has 0 bridgehead atoms. The molecule has 2 aromatic rings. The number of sulfonamides is 1. The molecule has 1 aromatic carbocycles. The fraction of sp³-hybridized carbons (Fsp3) is 0.619. The Bertz CT molecular complexity index is 1020. The minimum atomic E-state index is -3.71. The zero-order valence-corrected chi connectivity index (χ0v) is 18.3. The lowest BCUT2D eigenvalue weighted by atomic mass is 9.99. The van der Waals surface area contributed by atoms with Gasteiger partial charge in [-0.15, -0.1) is 5.10 Å². The lowest BCUT2D eigenvalue weighted by Crippen LogP contribution is -2.39. The van der Waals surface area contributed by atoms with E-state index in [9.17, 15) is 8.42 Å². The van der Waals surface area contributed by atoms with Crippen LogP contribution in [0.3, 0.4) is 0 Å². The van der Waals surface area contributed by atoms with Gasteiger partial charge in [-0.2, -0.15) is 4.98 Å². The summed E-state index contributed by atoms with van der Waals surface area (Å²) in [7, 11) is -1.63. The zero-order chi connectivity index (χ0) is 20.7. The summed E-state index contributed by atoms with van der Waals surface area (Å²) in [6.07, 6.45) is 8.82. The number of hydrogen-bond acceptors (Lipinski definition) is 6. The summed E-state index contributed by atoms with van der Waals surface area (Å²) >= 11 is 0. The number of aromatic nitrogens is 3. The Hall–Kier alpha value is -1.97. The molecule has 5 rings (SSSR count). The van der Waals surface area contributed by atoms with Crippen LogP contribution in [0.15, 0.2) is 11.2 Å². The van der Waals surface area contributed by atoms with E-state index in [2.05, 4.69) is 43.2 Å². The quantitative estimate of drug-likeness (QED) is 0.649. The van der Waals surface area contributed by atoms with E-state index in [1.807, 2.05) is 0 Å². The number of likely N-dealkylation sites (tertiary alicyclic amines) is 1. The van der Waals surface area contributed by atoms with Crippen molar-refractivity contribution in [3.63, 3.8) is 0 Å². The van der Waals surface area contributed by atoms with Gasteiger partial charge in [-0.3, -0.25) is 0 Å². The number of nitrogens with zero attached hydrogens (tertiary/aromatic N) is 3. The van der Waals surface area contributed by atoms with Crippen LogP contribution in [0.25, 0.3) is 0 Å². The van der Waals surface area contributed by atoms with E-state index in [4.69, 9.17) is 0 Å². The highest BCUT2D eigenvalue weighted by Crippen LogP contribution is 2.39. The number of aryl methyl sites for hydroxylation is 2. The van der Waals surface area contributed by atoms with E-state index in [0.717, 1.165) is 57.3 Å². The van der Waals surface area contributed by atoms with Crippen LogP contribution in [-0.4, -0.2) is 55.2 Å². The van der Waals surface area contributed by atoms with Crippen molar-refractivity contribution < 1.29 is 8.42 Å². The van der Waals surface area contributed by atoms with Crippen LogP contribution in [0.2, 0.25) is 0 Å². The summed E-state index contributed by atoms with van der Waals surface area (Å²) in [5, 5.41) is 10.0. The van der Waals surface area contributed by atoms with Gasteiger partial charge in [0.15, 0.2) is 0 Å². The van der Waals surface area contributed by atoms with E-state index < -0.39 is 10.0 Å². The molecule has 1 fully saturated rings. The second-order valence-electron chi connectivity index (χ2n) is 8.95. The second kappa shape index (κ2) is 7.94. The summed E-state index contributed by atoms with van der Waals surface area (Å²) in [4.78, 5) is 6.51. The van der Waals surface area contributed by atoms with Gasteiger partial charge >= 0.3 is 0 Å². The summed E-state index contributed by atoms with van der Waals surface area (Å²) in [6, 6.07) is 2.37. The number of nitrogens with one attached hydrogen (secondary N) is 3. The van der Waals surface area contributed by atoms with Gasteiger partial charge in [-0.05, 0) is 93.1 Å². The summed E-state index contributed by atoms with van der Waals surface area (Å²) < 4.78 is 28.1. The van der Waals surface area contributed by atoms with E-state index in [1.165, 1.54) is 35.1 Å². The first kappa shape index (κ1) is 20.0. The van der Waals surface area contributed by atoms with Crippen LogP contribution in [-0.2, 0) is 35.7 Å². The molecular formula is C21H30N6O2S. The van der Waals surface area contributed by atoms with Gasteiger partial charge in [0.05, 0.1) is 0 Å². The standard InChI is InChI=1S/C21H30N6O2S/c1-27-10-4-5-14(13-27)12-22-30(28,29)21-24-20(25-26-21)23-19-17-8-2-6-15(17)11-16-7-3-9-18(16)19/h11,14,22H,2-10,12-13H2,1H3,(H2,23,24,25,26). The van der Waals surface area contributed by atoms with Crippen molar-refractivity contribution in [2.24, 2.45) is 5.92 Å². The van der Waals surface area contributed by atoms with Crippen molar-refractivity contribution in [2.75, 3.05) is 32.0 Å². The van der Waals surface area contributed by atoms with E-state index in [0.29, 0.717) is 18.4 Å². The molecule has 0 amide bonds. The van der Waals surface area contributed by atoms with E-state index in [1.54, 1.807) is 0 Å². The fourth-order valence-corrected chi connectivity index (χ4v) is 6.20. The molecule has 1 aliphatic heterocycles. The van der Waals surface area contributed by atoms with Gasteiger partial charge in [-0.1, -0.05) is 6.07 Å². The van der Waals surface area contributed by atoms with Crippen LogP contribution in [0.4, 0.5) is 11.6 Å². The summed E-state index contributed by atoms with van der Waals surface area (Å²) in [6.45, 7) is 2.42. The van der Waals surface area contributed by atoms with Gasteiger partial charge in [0.2, 0.25) is 5.95 Å². The van der Waals surface area contributed by atoms with Crippen molar-refractivity contribution >= 4 is 21.7 Å². The lowest BCUT2D eigenvalue weighted by molar-refractivity contribution is 0.211. The molecular weight excluding hydrogens is 400 g/mol. The molecule has 3 N–H and O–H groups in total. The second-order valence-corrected chi connectivity index (χ2v) is 10.6. The first-order chi connectivity index (χ1) is 14.5. The van der Waals surface area contributed by atoms with E-state index in [-0.39, 0.29) is 5.16 Å². The Morgan fingerprint density at radius 2 is 1.87 bits per heavy atom. The van der Waals surface area contributed by atoms with Crippen molar-refractivity contribution in [1.82, 2.24) is 24.8 Å². The number of fused-ring (bicyclic) bond motifs is 2. The van der Waals surface area contributed by atoms with Crippen molar-refractivity contribution in [2.45, 2.75) is 56.5 Å². The van der Waals surface area contributed by atoms with Crippen LogP contribution in [0, 0.1) is 5.92 Å². The third kappa shape index (κ3) is 3.86. The Morgan fingerprint density at radius 3 is 2.57 bits per heavy atom. The minimum Gasteiger partial charge on any atom is -0.322 e.